The fraction of sp³-hybridized carbons (Fsp3) is 0.136. The predicted molar refractivity (Wildman–Crippen MR) is 126 cm³/mol. The number of halogens is 1. The van der Waals surface area contributed by atoms with Crippen molar-refractivity contribution in [2.24, 2.45) is 4.99 Å². The maximum absolute atomic E-state index is 11.2. The van der Waals surface area contributed by atoms with Crippen molar-refractivity contribution in [2.45, 2.75) is 19.1 Å². The van der Waals surface area contributed by atoms with Crippen molar-refractivity contribution in [3.63, 3.8) is 0 Å². The van der Waals surface area contributed by atoms with Gasteiger partial charge >= 0.3 is 5.97 Å². The number of hydrogen-bond acceptors (Lipinski definition) is 8. The van der Waals surface area contributed by atoms with Gasteiger partial charge in [-0.3, -0.25) is 4.99 Å². The second-order valence-corrected chi connectivity index (χ2v) is 8.07. The number of carbonyl (C=O) groups is 1. The van der Waals surface area contributed by atoms with Crippen LogP contribution in [-0.4, -0.2) is 48.9 Å². The van der Waals surface area contributed by atoms with E-state index in [2.05, 4.69) is 24.7 Å². The lowest BCUT2D eigenvalue weighted by Crippen LogP contribution is -2.30. The minimum absolute atomic E-state index is 0.365. The number of aliphatic imine (C=N–C) groups is 1. The summed E-state index contributed by atoms with van der Waals surface area (Å²) >= 11 is 7.79. The Labute approximate surface area is 192 Å². The second-order valence-electron chi connectivity index (χ2n) is 6.94. The van der Waals surface area contributed by atoms with Crippen LogP contribution in [-0.2, 0) is 4.79 Å². The van der Waals surface area contributed by atoms with Gasteiger partial charge in [-0.2, -0.15) is 4.37 Å². The van der Waals surface area contributed by atoms with Gasteiger partial charge in [0.15, 0.2) is 16.7 Å². The molecule has 0 bridgehead atoms. The van der Waals surface area contributed by atoms with Crippen LogP contribution < -0.4 is 5.32 Å². The van der Waals surface area contributed by atoms with Gasteiger partial charge in [0.05, 0.1) is 23.0 Å². The molecule has 4 rings (SSSR count). The van der Waals surface area contributed by atoms with Crippen molar-refractivity contribution in [1.29, 1.82) is 0 Å². The van der Waals surface area contributed by atoms with Crippen LogP contribution in [0, 0.1) is 0 Å². The minimum Gasteiger partial charge on any atom is -0.480 e. The van der Waals surface area contributed by atoms with Gasteiger partial charge in [0.2, 0.25) is 0 Å². The number of nitrogens with one attached hydrogen (secondary N) is 1. The summed E-state index contributed by atoms with van der Waals surface area (Å²) in [7, 11) is 0. The third-order valence-corrected chi connectivity index (χ3v) is 5.76. The third-order valence-electron chi connectivity index (χ3n) is 4.62. The van der Waals surface area contributed by atoms with Gasteiger partial charge in [-0.05, 0) is 30.1 Å². The van der Waals surface area contributed by atoms with Gasteiger partial charge in [-0.15, -0.1) is 0 Å². The zero-order chi connectivity index (χ0) is 22.7. The highest BCUT2D eigenvalue weighted by Crippen LogP contribution is 2.36. The lowest BCUT2D eigenvalue weighted by atomic mass is 10.1. The zero-order valence-electron chi connectivity index (χ0n) is 16.8. The van der Waals surface area contributed by atoms with E-state index in [0.29, 0.717) is 32.6 Å². The first-order valence-corrected chi connectivity index (χ1v) is 10.8. The Kier molecular flexibility index (Phi) is 6.40. The maximum atomic E-state index is 11.2. The Morgan fingerprint density at radius 1 is 1.22 bits per heavy atom. The van der Waals surface area contributed by atoms with E-state index in [1.165, 1.54) is 19.3 Å². The highest BCUT2D eigenvalue weighted by Gasteiger charge is 2.21. The molecular weight excluding hydrogens is 450 g/mol. The number of carboxylic acid groups (broad SMARTS) is 1. The normalized spacial score (nSPS) is 13.3. The van der Waals surface area contributed by atoms with Crippen LogP contribution in [0.3, 0.4) is 0 Å². The predicted octanol–water partition coefficient (Wildman–Crippen LogP) is 4.40. The number of aliphatic carboxylic acids is 1. The highest BCUT2D eigenvalue weighted by atomic mass is 35.5. The molecule has 2 aromatic heterocycles. The number of hydrogen-bond donors (Lipinski definition) is 3. The molecule has 0 radical (unpaired) electrons. The summed E-state index contributed by atoms with van der Waals surface area (Å²) in [4.78, 5) is 24.4. The largest absolute Gasteiger partial charge is 0.480 e. The summed E-state index contributed by atoms with van der Waals surface area (Å²) < 4.78 is 4.40. The third kappa shape index (κ3) is 4.59. The minimum atomic E-state index is -1.27. The monoisotopic (exact) mass is 467 g/mol. The summed E-state index contributed by atoms with van der Waals surface area (Å²) in [5.41, 5.74) is 3.51. The Hall–Kier alpha value is -3.40. The fourth-order valence-corrected chi connectivity index (χ4v) is 4.01. The number of benzene rings is 2. The molecule has 4 aromatic rings. The molecule has 8 nitrogen and oxygen atoms in total. The SMILES string of the molecule is CC(O)C(N=Cc1cnc2c(Nc3cccc(-c4ccccc4)c3Cl)nsc2n1)C(=O)O. The van der Waals surface area contributed by atoms with Crippen molar-refractivity contribution in [1.82, 2.24) is 14.3 Å². The van der Waals surface area contributed by atoms with Crippen molar-refractivity contribution < 1.29 is 15.0 Å². The average Bonchev–Trinajstić information content (AvgIpc) is 3.17. The molecule has 0 spiro atoms. The Morgan fingerprint density at radius 3 is 2.72 bits per heavy atom. The highest BCUT2D eigenvalue weighted by molar-refractivity contribution is 7.13. The molecular formula is C22H18ClN5O3S. The van der Waals surface area contributed by atoms with Crippen LogP contribution in [0.25, 0.3) is 21.5 Å². The first-order valence-electron chi connectivity index (χ1n) is 9.61. The summed E-state index contributed by atoms with van der Waals surface area (Å²) in [6, 6.07) is 14.3. The van der Waals surface area contributed by atoms with E-state index in [1.54, 1.807) is 0 Å². The van der Waals surface area contributed by atoms with Gasteiger partial charge in [0, 0.05) is 11.8 Å². The van der Waals surface area contributed by atoms with Crippen molar-refractivity contribution >= 4 is 57.2 Å². The molecule has 0 amide bonds. The van der Waals surface area contributed by atoms with Crippen molar-refractivity contribution in [3.05, 3.63) is 65.4 Å². The average molecular weight is 468 g/mol. The van der Waals surface area contributed by atoms with E-state index in [0.717, 1.165) is 22.7 Å². The van der Waals surface area contributed by atoms with E-state index in [9.17, 15) is 9.90 Å². The van der Waals surface area contributed by atoms with Crippen molar-refractivity contribution in [2.75, 3.05) is 5.32 Å². The molecule has 2 heterocycles. The number of anilines is 2. The summed E-state index contributed by atoms with van der Waals surface area (Å²) in [6.07, 6.45) is 1.62. The molecule has 3 N–H and O–H groups in total. The van der Waals surface area contributed by atoms with E-state index in [-0.39, 0.29) is 0 Å². The van der Waals surface area contributed by atoms with Gasteiger partial charge in [-0.25, -0.2) is 14.8 Å². The molecule has 2 unspecified atom stereocenters. The van der Waals surface area contributed by atoms with Crippen LogP contribution in [0.4, 0.5) is 11.5 Å². The molecule has 0 aliphatic rings. The Bertz CT molecular complexity index is 1290. The van der Waals surface area contributed by atoms with E-state index in [1.807, 2.05) is 48.5 Å². The molecule has 32 heavy (non-hydrogen) atoms. The summed E-state index contributed by atoms with van der Waals surface area (Å²) in [5, 5.41) is 22.4. The molecule has 10 heteroatoms. The maximum Gasteiger partial charge on any atom is 0.331 e. The number of aromatic nitrogens is 3. The number of rotatable bonds is 7. The van der Waals surface area contributed by atoms with Crippen molar-refractivity contribution in [3.8, 4) is 11.1 Å². The van der Waals surface area contributed by atoms with Gasteiger partial charge in [0.25, 0.3) is 0 Å². The molecule has 0 aliphatic carbocycles. The molecule has 2 aromatic carbocycles. The number of fused-ring (bicyclic) bond motifs is 1. The van der Waals surface area contributed by atoms with Gasteiger partial charge in [0.1, 0.15) is 11.2 Å². The summed E-state index contributed by atoms with van der Waals surface area (Å²) in [6.45, 7) is 1.37. The van der Waals surface area contributed by atoms with Crippen LogP contribution in [0.15, 0.2) is 59.7 Å². The molecule has 162 valence electrons. The lowest BCUT2D eigenvalue weighted by Gasteiger charge is -2.11. The molecule has 0 fully saturated rings. The van der Waals surface area contributed by atoms with E-state index >= 15 is 0 Å². The van der Waals surface area contributed by atoms with Crippen LogP contribution in [0.1, 0.15) is 12.6 Å². The quantitative estimate of drug-likeness (QED) is 0.344. The van der Waals surface area contributed by atoms with E-state index < -0.39 is 18.1 Å². The fourth-order valence-electron chi connectivity index (χ4n) is 3.04. The topological polar surface area (TPSA) is 121 Å². The molecule has 0 aliphatic heterocycles. The smallest absolute Gasteiger partial charge is 0.331 e. The molecule has 2 atom stereocenters. The first kappa shape index (κ1) is 21.8. The summed E-state index contributed by atoms with van der Waals surface area (Å²) in [5.74, 6) is -0.704. The van der Waals surface area contributed by atoms with Gasteiger partial charge < -0.3 is 15.5 Å². The van der Waals surface area contributed by atoms with Crippen LogP contribution >= 0.6 is 23.1 Å². The standard InChI is InChI=1S/C22H18ClN5O3S/c1-12(29)18(22(30)31)24-10-14-11-25-19-20(28-32-21(19)26-14)27-16-9-5-8-15(17(16)23)13-6-3-2-4-7-13/h2-12,18,29H,1H3,(H,27,28)(H,30,31). The zero-order valence-corrected chi connectivity index (χ0v) is 18.4. The molecule has 0 saturated heterocycles. The van der Waals surface area contributed by atoms with Crippen LogP contribution in [0.2, 0.25) is 5.02 Å². The lowest BCUT2D eigenvalue weighted by molar-refractivity contribution is -0.140. The Balaban J connectivity index is 1.60. The number of aliphatic hydroxyl groups excluding tert-OH is 1. The Morgan fingerprint density at radius 2 is 2.00 bits per heavy atom. The second kappa shape index (κ2) is 9.39. The number of carboxylic acids is 1. The van der Waals surface area contributed by atoms with Crippen LogP contribution in [0.5, 0.6) is 0 Å². The van der Waals surface area contributed by atoms with E-state index in [4.69, 9.17) is 16.7 Å². The molecule has 0 saturated carbocycles. The first-order chi connectivity index (χ1) is 15.4. The number of aliphatic hydroxyl groups is 1. The van der Waals surface area contributed by atoms with Gasteiger partial charge in [-0.1, -0.05) is 54.1 Å². The number of nitrogens with zero attached hydrogens (tertiary/aromatic N) is 4.